The molecule has 2 heterocycles. The first-order valence-corrected chi connectivity index (χ1v) is 10.2. The molecule has 0 bridgehead atoms. The second-order valence-electron chi connectivity index (χ2n) is 6.90. The highest BCUT2D eigenvalue weighted by atomic mass is 127. The van der Waals surface area contributed by atoms with Crippen LogP contribution >= 0.6 is 35.6 Å². The fraction of sp³-hybridized carbons (Fsp3) is 0.500. The standard InChI is InChI=1S/C20H28ClFN6.HI/c1-23-20(24-9-5-13-28-14-6-10-26-28)25-15-18(27-11-2-3-12-27)19-16(21)7-4-8-17(19)22;/h4,6-8,10,14,18H,2-3,5,9,11-13,15H2,1H3,(H2,23,24,25);1H. The van der Waals surface area contributed by atoms with E-state index in [1.807, 2.05) is 16.9 Å². The first kappa shape index (κ1) is 23.9. The van der Waals surface area contributed by atoms with Gasteiger partial charge in [0.05, 0.1) is 6.04 Å². The summed E-state index contributed by atoms with van der Waals surface area (Å²) in [6, 6.07) is 6.67. The van der Waals surface area contributed by atoms with Gasteiger partial charge in [0.15, 0.2) is 5.96 Å². The average Bonchev–Trinajstić information content (AvgIpc) is 3.39. The Morgan fingerprint density at radius 1 is 1.28 bits per heavy atom. The first-order valence-electron chi connectivity index (χ1n) is 9.79. The number of rotatable bonds is 8. The van der Waals surface area contributed by atoms with Crippen molar-refractivity contribution < 1.29 is 4.39 Å². The number of guanidine groups is 1. The summed E-state index contributed by atoms with van der Waals surface area (Å²) in [6.45, 7) is 4.06. The molecule has 160 valence electrons. The van der Waals surface area contributed by atoms with Crippen LogP contribution in [0.2, 0.25) is 5.02 Å². The van der Waals surface area contributed by atoms with Crippen LogP contribution in [0, 0.1) is 5.82 Å². The molecule has 1 aromatic heterocycles. The molecule has 1 saturated heterocycles. The van der Waals surface area contributed by atoms with Gasteiger partial charge in [0, 0.05) is 49.7 Å². The number of halogens is 3. The number of benzene rings is 1. The zero-order valence-electron chi connectivity index (χ0n) is 16.7. The molecule has 0 spiro atoms. The van der Waals surface area contributed by atoms with Crippen molar-refractivity contribution in [2.24, 2.45) is 4.99 Å². The molecule has 9 heteroatoms. The van der Waals surface area contributed by atoms with Gasteiger partial charge in [0.1, 0.15) is 5.82 Å². The Hall–Kier alpha value is -1.39. The van der Waals surface area contributed by atoms with E-state index >= 15 is 0 Å². The van der Waals surface area contributed by atoms with E-state index in [2.05, 4.69) is 25.6 Å². The lowest BCUT2D eigenvalue weighted by atomic mass is 10.0. The van der Waals surface area contributed by atoms with E-state index in [1.165, 1.54) is 6.07 Å². The summed E-state index contributed by atoms with van der Waals surface area (Å²) in [5.74, 6) is 0.450. The maximum Gasteiger partial charge on any atom is 0.191 e. The molecule has 0 radical (unpaired) electrons. The fourth-order valence-corrected chi connectivity index (χ4v) is 3.88. The number of aryl methyl sites for hydroxylation is 1. The molecule has 3 rings (SSSR count). The van der Waals surface area contributed by atoms with Crippen LogP contribution in [0.5, 0.6) is 0 Å². The molecule has 2 aromatic rings. The van der Waals surface area contributed by atoms with Crippen molar-refractivity contribution in [2.75, 3.05) is 33.2 Å². The average molecular weight is 535 g/mol. The summed E-state index contributed by atoms with van der Waals surface area (Å²) in [7, 11) is 1.74. The van der Waals surface area contributed by atoms with E-state index in [1.54, 1.807) is 25.4 Å². The normalized spacial score (nSPS) is 15.8. The van der Waals surface area contributed by atoms with Gasteiger partial charge < -0.3 is 10.6 Å². The molecule has 6 nitrogen and oxygen atoms in total. The fourth-order valence-electron chi connectivity index (χ4n) is 3.59. The maximum absolute atomic E-state index is 14.6. The van der Waals surface area contributed by atoms with Crippen LogP contribution in [0.4, 0.5) is 4.39 Å². The summed E-state index contributed by atoms with van der Waals surface area (Å²) in [4.78, 5) is 6.58. The van der Waals surface area contributed by atoms with Gasteiger partial charge in [0.25, 0.3) is 0 Å². The van der Waals surface area contributed by atoms with E-state index in [9.17, 15) is 4.39 Å². The predicted molar refractivity (Wildman–Crippen MR) is 127 cm³/mol. The topological polar surface area (TPSA) is 57.5 Å². The number of aromatic nitrogens is 2. The quantitative estimate of drug-likeness (QED) is 0.235. The van der Waals surface area contributed by atoms with Crippen LogP contribution in [0.15, 0.2) is 41.7 Å². The van der Waals surface area contributed by atoms with Crippen LogP contribution in [-0.2, 0) is 6.54 Å². The smallest absolute Gasteiger partial charge is 0.191 e. The second-order valence-corrected chi connectivity index (χ2v) is 7.30. The minimum atomic E-state index is -0.256. The lowest BCUT2D eigenvalue weighted by Crippen LogP contribution is -2.43. The molecular weight excluding hydrogens is 506 g/mol. The number of hydrogen-bond acceptors (Lipinski definition) is 3. The van der Waals surface area contributed by atoms with Gasteiger partial charge in [-0.25, -0.2) is 4.39 Å². The Kier molecular flexibility index (Phi) is 10.2. The van der Waals surface area contributed by atoms with E-state index in [0.29, 0.717) is 23.1 Å². The molecule has 0 saturated carbocycles. The molecule has 1 aliphatic heterocycles. The third kappa shape index (κ3) is 6.82. The van der Waals surface area contributed by atoms with Crippen molar-refractivity contribution in [2.45, 2.75) is 31.8 Å². The van der Waals surface area contributed by atoms with E-state index in [4.69, 9.17) is 11.6 Å². The maximum atomic E-state index is 14.6. The van der Waals surface area contributed by atoms with Crippen molar-refractivity contribution in [3.8, 4) is 0 Å². The highest BCUT2D eigenvalue weighted by molar-refractivity contribution is 14.0. The second kappa shape index (κ2) is 12.3. The van der Waals surface area contributed by atoms with Crippen molar-refractivity contribution in [3.63, 3.8) is 0 Å². The highest BCUT2D eigenvalue weighted by Gasteiger charge is 2.27. The lowest BCUT2D eigenvalue weighted by Gasteiger charge is -2.29. The van der Waals surface area contributed by atoms with Gasteiger partial charge in [-0.3, -0.25) is 14.6 Å². The summed E-state index contributed by atoms with van der Waals surface area (Å²) in [5, 5.41) is 11.3. The molecule has 0 amide bonds. The van der Waals surface area contributed by atoms with Gasteiger partial charge >= 0.3 is 0 Å². The summed E-state index contributed by atoms with van der Waals surface area (Å²) in [5.41, 5.74) is 0.563. The van der Waals surface area contributed by atoms with Gasteiger partial charge in [-0.2, -0.15) is 5.10 Å². The molecule has 1 fully saturated rings. The molecule has 2 N–H and O–H groups in total. The van der Waals surface area contributed by atoms with Crippen LogP contribution < -0.4 is 10.6 Å². The molecular formula is C20H29ClFIN6. The Labute approximate surface area is 193 Å². The Balaban J connectivity index is 0.00000300. The number of aliphatic imine (C=N–C) groups is 1. The van der Waals surface area contributed by atoms with Crippen LogP contribution in [0.25, 0.3) is 0 Å². The van der Waals surface area contributed by atoms with Gasteiger partial charge in [-0.1, -0.05) is 17.7 Å². The van der Waals surface area contributed by atoms with Gasteiger partial charge in [-0.05, 0) is 50.6 Å². The zero-order valence-corrected chi connectivity index (χ0v) is 19.7. The summed E-state index contributed by atoms with van der Waals surface area (Å²) < 4.78 is 16.5. The van der Waals surface area contributed by atoms with E-state index in [-0.39, 0.29) is 35.8 Å². The summed E-state index contributed by atoms with van der Waals surface area (Å²) in [6.07, 6.45) is 6.91. The summed E-state index contributed by atoms with van der Waals surface area (Å²) >= 11 is 6.35. The van der Waals surface area contributed by atoms with Crippen LogP contribution in [0.3, 0.4) is 0 Å². The molecule has 1 unspecified atom stereocenters. The van der Waals surface area contributed by atoms with E-state index < -0.39 is 0 Å². The minimum absolute atomic E-state index is 0. The Morgan fingerprint density at radius 2 is 2.07 bits per heavy atom. The number of nitrogens with zero attached hydrogens (tertiary/aromatic N) is 4. The largest absolute Gasteiger partial charge is 0.356 e. The zero-order chi connectivity index (χ0) is 19.8. The van der Waals surface area contributed by atoms with Crippen molar-refractivity contribution in [1.82, 2.24) is 25.3 Å². The van der Waals surface area contributed by atoms with Gasteiger partial charge in [-0.15, -0.1) is 24.0 Å². The molecule has 0 aliphatic carbocycles. The lowest BCUT2D eigenvalue weighted by molar-refractivity contribution is 0.240. The molecule has 29 heavy (non-hydrogen) atoms. The number of likely N-dealkylation sites (tertiary alicyclic amines) is 1. The Bertz CT molecular complexity index is 744. The Morgan fingerprint density at radius 3 is 2.72 bits per heavy atom. The van der Waals surface area contributed by atoms with Gasteiger partial charge in [0.2, 0.25) is 0 Å². The van der Waals surface area contributed by atoms with Crippen LogP contribution in [0.1, 0.15) is 30.9 Å². The first-order chi connectivity index (χ1) is 13.7. The van der Waals surface area contributed by atoms with Crippen molar-refractivity contribution in [1.29, 1.82) is 0 Å². The number of hydrogen-bond donors (Lipinski definition) is 2. The third-order valence-electron chi connectivity index (χ3n) is 5.02. The van der Waals surface area contributed by atoms with E-state index in [0.717, 1.165) is 45.4 Å². The monoisotopic (exact) mass is 534 g/mol. The van der Waals surface area contributed by atoms with Crippen molar-refractivity contribution >= 4 is 41.5 Å². The van der Waals surface area contributed by atoms with Crippen LogP contribution in [-0.4, -0.2) is 53.9 Å². The SMILES string of the molecule is CN=C(NCCCn1cccn1)NCC(c1c(F)cccc1Cl)N1CCCC1.I. The van der Waals surface area contributed by atoms with Crippen molar-refractivity contribution in [3.05, 3.63) is 53.1 Å². The minimum Gasteiger partial charge on any atom is -0.356 e. The molecule has 1 aromatic carbocycles. The third-order valence-corrected chi connectivity index (χ3v) is 5.35. The molecule has 1 atom stereocenters. The number of nitrogens with one attached hydrogen (secondary N) is 2. The molecule has 1 aliphatic rings. The predicted octanol–water partition coefficient (Wildman–Crippen LogP) is 3.69. The highest BCUT2D eigenvalue weighted by Crippen LogP contribution is 2.31.